The van der Waals surface area contributed by atoms with Gasteiger partial charge in [-0.3, -0.25) is 4.68 Å². The third-order valence-corrected chi connectivity index (χ3v) is 3.48. The third-order valence-electron chi connectivity index (χ3n) is 3.48. The Bertz CT molecular complexity index is 547. The minimum Gasteiger partial charge on any atom is -0.310 e. The van der Waals surface area contributed by atoms with E-state index < -0.39 is 0 Å². The second kappa shape index (κ2) is 5.17. The predicted molar refractivity (Wildman–Crippen MR) is 77.1 cm³/mol. The molecule has 1 N–H and O–H groups in total. The maximum Gasteiger partial charge on any atom is 0.0659 e. The van der Waals surface area contributed by atoms with Crippen molar-refractivity contribution >= 4 is 0 Å². The molecule has 19 heavy (non-hydrogen) atoms. The van der Waals surface area contributed by atoms with E-state index in [1.165, 1.54) is 35.1 Å². The van der Waals surface area contributed by atoms with Crippen LogP contribution >= 0.6 is 0 Å². The Morgan fingerprint density at radius 3 is 2.58 bits per heavy atom. The summed E-state index contributed by atoms with van der Waals surface area (Å²) in [6.07, 6.45) is 6.78. The van der Waals surface area contributed by atoms with Gasteiger partial charge in [-0.1, -0.05) is 29.3 Å². The van der Waals surface area contributed by atoms with Gasteiger partial charge in [0.2, 0.25) is 0 Å². The molecule has 1 aromatic heterocycles. The highest BCUT2D eigenvalue weighted by Gasteiger charge is 2.20. The molecule has 100 valence electrons. The van der Waals surface area contributed by atoms with Crippen molar-refractivity contribution in [2.24, 2.45) is 0 Å². The Morgan fingerprint density at radius 1 is 1.16 bits per heavy atom. The maximum atomic E-state index is 4.45. The number of nitrogens with one attached hydrogen (secondary N) is 1. The lowest BCUT2D eigenvalue weighted by Crippen LogP contribution is -2.14. The van der Waals surface area contributed by atoms with Crippen LogP contribution in [0.5, 0.6) is 0 Å². The highest BCUT2D eigenvalue weighted by Crippen LogP contribution is 2.19. The van der Waals surface area contributed by atoms with Crippen LogP contribution in [0.2, 0.25) is 0 Å². The average Bonchev–Trinajstić information content (AvgIpc) is 3.06. The molecule has 1 heterocycles. The fourth-order valence-electron chi connectivity index (χ4n) is 2.48. The van der Waals surface area contributed by atoms with E-state index in [1.54, 1.807) is 0 Å². The summed E-state index contributed by atoms with van der Waals surface area (Å²) in [5, 5.41) is 7.96. The predicted octanol–water partition coefficient (Wildman–Crippen LogP) is 2.80. The van der Waals surface area contributed by atoms with E-state index in [9.17, 15) is 0 Å². The molecule has 0 saturated heterocycles. The van der Waals surface area contributed by atoms with Crippen molar-refractivity contribution in [2.45, 2.75) is 45.8 Å². The Hall–Kier alpha value is -1.61. The summed E-state index contributed by atoms with van der Waals surface area (Å²) in [4.78, 5) is 0. The van der Waals surface area contributed by atoms with Gasteiger partial charge in [0.1, 0.15) is 0 Å². The van der Waals surface area contributed by atoms with Crippen molar-refractivity contribution in [3.05, 3.63) is 52.8 Å². The summed E-state index contributed by atoms with van der Waals surface area (Å²) in [5.41, 5.74) is 5.23. The number of hydrogen-bond acceptors (Lipinski definition) is 2. The van der Waals surface area contributed by atoms with Crippen LogP contribution < -0.4 is 5.32 Å². The number of nitrogens with zero attached hydrogens (tertiary/aromatic N) is 2. The summed E-state index contributed by atoms with van der Waals surface area (Å²) >= 11 is 0. The van der Waals surface area contributed by atoms with Crippen molar-refractivity contribution in [1.29, 1.82) is 0 Å². The third kappa shape index (κ3) is 3.44. The van der Waals surface area contributed by atoms with Crippen LogP contribution in [-0.4, -0.2) is 15.8 Å². The molecule has 1 aromatic carbocycles. The van der Waals surface area contributed by atoms with Gasteiger partial charge in [-0.15, -0.1) is 0 Å². The first kappa shape index (κ1) is 12.4. The molecular formula is C16H21N3. The molecule has 0 aliphatic heterocycles. The molecule has 3 rings (SSSR count). The Labute approximate surface area is 114 Å². The second-order valence-electron chi connectivity index (χ2n) is 5.70. The molecule has 0 radical (unpaired) electrons. The van der Waals surface area contributed by atoms with E-state index >= 15 is 0 Å². The van der Waals surface area contributed by atoms with E-state index in [2.05, 4.69) is 48.7 Å². The number of benzene rings is 1. The van der Waals surface area contributed by atoms with E-state index in [1.807, 2.05) is 10.9 Å². The maximum absolute atomic E-state index is 4.45. The topological polar surface area (TPSA) is 29.9 Å². The molecule has 1 fully saturated rings. The van der Waals surface area contributed by atoms with Gasteiger partial charge >= 0.3 is 0 Å². The van der Waals surface area contributed by atoms with Crippen LogP contribution in [0.15, 0.2) is 30.6 Å². The highest BCUT2D eigenvalue weighted by molar-refractivity contribution is 5.28. The van der Waals surface area contributed by atoms with E-state index in [0.717, 1.165) is 19.1 Å². The van der Waals surface area contributed by atoms with Crippen molar-refractivity contribution in [2.75, 3.05) is 0 Å². The molecule has 1 aliphatic carbocycles. The number of rotatable bonds is 5. The first-order valence-corrected chi connectivity index (χ1v) is 7.01. The molecule has 0 amide bonds. The van der Waals surface area contributed by atoms with Crippen molar-refractivity contribution < 1.29 is 0 Å². The summed E-state index contributed by atoms with van der Waals surface area (Å²) in [5.74, 6) is 0. The molecule has 0 spiro atoms. The van der Waals surface area contributed by atoms with Crippen LogP contribution in [-0.2, 0) is 13.1 Å². The van der Waals surface area contributed by atoms with Gasteiger partial charge in [0.15, 0.2) is 0 Å². The summed E-state index contributed by atoms with van der Waals surface area (Å²) in [6.45, 7) is 6.08. The normalized spacial score (nSPS) is 14.8. The van der Waals surface area contributed by atoms with Crippen molar-refractivity contribution in [1.82, 2.24) is 15.1 Å². The number of aryl methyl sites for hydroxylation is 2. The Morgan fingerprint density at radius 2 is 1.89 bits per heavy atom. The Kier molecular flexibility index (Phi) is 3.38. The molecule has 3 nitrogen and oxygen atoms in total. The van der Waals surface area contributed by atoms with Gasteiger partial charge in [-0.05, 0) is 32.3 Å². The molecule has 1 aliphatic rings. The van der Waals surface area contributed by atoms with Crippen LogP contribution in [0, 0.1) is 13.8 Å². The first-order valence-electron chi connectivity index (χ1n) is 7.01. The second-order valence-corrected chi connectivity index (χ2v) is 5.70. The zero-order valence-electron chi connectivity index (χ0n) is 11.7. The van der Waals surface area contributed by atoms with Gasteiger partial charge in [0.05, 0.1) is 12.7 Å². The lowest BCUT2D eigenvalue weighted by molar-refractivity contribution is 0.674. The number of aromatic nitrogens is 2. The standard InChI is InChI=1S/C16H21N3/c1-12-5-13(2)7-14(6-12)10-19-11-15(9-18-19)8-17-16-3-4-16/h5-7,9,11,16-17H,3-4,8,10H2,1-2H3. The summed E-state index contributed by atoms with van der Waals surface area (Å²) in [6, 6.07) is 7.42. The molecule has 2 aromatic rings. The molecule has 0 unspecified atom stereocenters. The van der Waals surface area contributed by atoms with E-state index in [-0.39, 0.29) is 0 Å². The van der Waals surface area contributed by atoms with Gasteiger partial charge in [-0.2, -0.15) is 5.10 Å². The minimum atomic E-state index is 0.753. The number of hydrogen-bond donors (Lipinski definition) is 1. The van der Waals surface area contributed by atoms with Crippen LogP contribution in [0.25, 0.3) is 0 Å². The minimum absolute atomic E-state index is 0.753. The molecule has 3 heteroatoms. The SMILES string of the molecule is Cc1cc(C)cc(Cn2cc(CNC3CC3)cn2)c1. The van der Waals surface area contributed by atoms with E-state index in [0.29, 0.717) is 0 Å². The lowest BCUT2D eigenvalue weighted by Gasteiger charge is -2.05. The zero-order valence-corrected chi connectivity index (χ0v) is 11.7. The lowest BCUT2D eigenvalue weighted by atomic mass is 10.1. The van der Waals surface area contributed by atoms with Gasteiger partial charge < -0.3 is 5.32 Å². The summed E-state index contributed by atoms with van der Waals surface area (Å²) in [7, 11) is 0. The van der Waals surface area contributed by atoms with Crippen molar-refractivity contribution in [3.8, 4) is 0 Å². The van der Waals surface area contributed by atoms with Gasteiger partial charge in [0, 0.05) is 24.3 Å². The fraction of sp³-hybridized carbons (Fsp3) is 0.438. The van der Waals surface area contributed by atoms with Crippen molar-refractivity contribution in [3.63, 3.8) is 0 Å². The first-order chi connectivity index (χ1) is 9.19. The molecule has 0 bridgehead atoms. The van der Waals surface area contributed by atoms with E-state index in [4.69, 9.17) is 0 Å². The average molecular weight is 255 g/mol. The zero-order chi connectivity index (χ0) is 13.2. The summed E-state index contributed by atoms with van der Waals surface area (Å²) < 4.78 is 2.03. The largest absolute Gasteiger partial charge is 0.310 e. The quantitative estimate of drug-likeness (QED) is 0.890. The van der Waals surface area contributed by atoms with Gasteiger partial charge in [0.25, 0.3) is 0 Å². The highest BCUT2D eigenvalue weighted by atomic mass is 15.3. The van der Waals surface area contributed by atoms with Crippen LogP contribution in [0.1, 0.15) is 35.1 Å². The molecule has 1 saturated carbocycles. The molecular weight excluding hydrogens is 234 g/mol. The van der Waals surface area contributed by atoms with Crippen LogP contribution in [0.3, 0.4) is 0 Å². The van der Waals surface area contributed by atoms with Crippen LogP contribution in [0.4, 0.5) is 0 Å². The fourth-order valence-corrected chi connectivity index (χ4v) is 2.48. The van der Waals surface area contributed by atoms with Gasteiger partial charge in [-0.25, -0.2) is 0 Å². The smallest absolute Gasteiger partial charge is 0.0659 e. The monoisotopic (exact) mass is 255 g/mol. The molecule has 0 atom stereocenters. The Balaban J connectivity index is 1.65.